The van der Waals surface area contributed by atoms with Crippen LogP contribution in [0.5, 0.6) is 0 Å². The molecule has 0 aromatic carbocycles. The van der Waals surface area contributed by atoms with E-state index in [0.717, 1.165) is 63.6 Å². The molecule has 0 aliphatic carbocycles. The van der Waals surface area contributed by atoms with Gasteiger partial charge in [0, 0.05) is 51.0 Å². The molecule has 4 rings (SSSR count). The molecule has 8 nitrogen and oxygen atoms in total. The summed E-state index contributed by atoms with van der Waals surface area (Å²) in [4.78, 5) is 14.2. The Bertz CT molecular complexity index is 812. The first-order valence-corrected chi connectivity index (χ1v) is 13.9. The van der Waals surface area contributed by atoms with Gasteiger partial charge in [-0.3, -0.25) is 4.90 Å². The summed E-state index contributed by atoms with van der Waals surface area (Å²) >= 11 is 0. The van der Waals surface area contributed by atoms with Crippen molar-refractivity contribution in [2.24, 2.45) is 0 Å². The number of hydrogen-bond donors (Lipinski definition) is 1. The van der Waals surface area contributed by atoms with Crippen molar-refractivity contribution < 1.29 is 8.42 Å². The summed E-state index contributed by atoms with van der Waals surface area (Å²) in [6.07, 6.45) is 13.7. The third kappa shape index (κ3) is 6.29. The molecule has 9 heteroatoms. The molecule has 0 saturated carbocycles. The largest absolute Gasteiger partial charge is 0.356 e. The van der Waals surface area contributed by atoms with E-state index in [4.69, 9.17) is 4.98 Å². The molecule has 1 N–H and O–H groups in total. The van der Waals surface area contributed by atoms with Crippen LogP contribution >= 0.6 is 0 Å². The van der Waals surface area contributed by atoms with Crippen molar-refractivity contribution in [2.75, 3.05) is 55.7 Å². The highest BCUT2D eigenvalue weighted by atomic mass is 32.2. The van der Waals surface area contributed by atoms with Crippen molar-refractivity contribution >= 4 is 21.8 Å². The maximum Gasteiger partial charge on any atom is 0.224 e. The Morgan fingerprint density at radius 2 is 1.71 bits per heavy atom. The lowest BCUT2D eigenvalue weighted by molar-refractivity contribution is 0.136. The van der Waals surface area contributed by atoms with Gasteiger partial charge in [-0.05, 0) is 51.1 Å². The number of nitrogens with zero attached hydrogens (tertiary/aromatic N) is 5. The molecule has 1 aromatic rings. The van der Waals surface area contributed by atoms with Crippen LogP contribution in [0.1, 0.15) is 57.8 Å². The summed E-state index contributed by atoms with van der Waals surface area (Å²) in [5, 5.41) is 3.60. The summed E-state index contributed by atoms with van der Waals surface area (Å²) < 4.78 is 25.7. The molecule has 174 valence electrons. The maximum absolute atomic E-state index is 12.0. The van der Waals surface area contributed by atoms with Crippen LogP contribution in [0.3, 0.4) is 0 Å². The molecule has 3 aliphatic heterocycles. The van der Waals surface area contributed by atoms with E-state index >= 15 is 0 Å². The molecular weight excluding hydrogens is 412 g/mol. The van der Waals surface area contributed by atoms with Crippen LogP contribution in [-0.4, -0.2) is 85.2 Å². The third-order valence-electron chi connectivity index (χ3n) is 6.95. The summed E-state index contributed by atoms with van der Waals surface area (Å²) in [5.41, 5.74) is 0. The summed E-state index contributed by atoms with van der Waals surface area (Å²) in [6.45, 7) is 5.38. The molecule has 0 radical (unpaired) electrons. The van der Waals surface area contributed by atoms with Gasteiger partial charge in [-0.2, -0.15) is 4.98 Å². The normalized spacial score (nSPS) is 27.5. The summed E-state index contributed by atoms with van der Waals surface area (Å²) in [6, 6.07) is 2.61. The lowest BCUT2D eigenvalue weighted by Crippen LogP contribution is -2.51. The van der Waals surface area contributed by atoms with E-state index in [9.17, 15) is 8.42 Å². The van der Waals surface area contributed by atoms with Crippen LogP contribution in [0.2, 0.25) is 0 Å². The first kappa shape index (κ1) is 22.7. The predicted octanol–water partition coefficient (Wildman–Crippen LogP) is 2.55. The Kier molecular flexibility index (Phi) is 7.66. The van der Waals surface area contributed by atoms with E-state index in [1.165, 1.54) is 38.4 Å². The van der Waals surface area contributed by atoms with Gasteiger partial charge in [0.05, 0.1) is 6.26 Å². The summed E-state index contributed by atoms with van der Waals surface area (Å²) in [7, 11) is -3.12. The second-order valence-corrected chi connectivity index (χ2v) is 11.4. The highest BCUT2D eigenvalue weighted by Gasteiger charge is 2.31. The lowest BCUT2D eigenvalue weighted by Gasteiger charge is -2.39. The number of hydrogen-bond acceptors (Lipinski definition) is 7. The minimum atomic E-state index is -3.12. The standard InChI is InChI=1S/C22H38N6O2S/c1-31(29,30)28-16-8-10-20(18-28)27-15-7-4-9-19(17-27)24-22-23-12-11-21(25-22)26-13-5-2-3-6-14-26/h11-12,19-20H,2-10,13-18H2,1H3,(H,23,24,25). The van der Waals surface area contributed by atoms with Crippen LogP contribution in [0.25, 0.3) is 0 Å². The molecule has 2 atom stereocenters. The van der Waals surface area contributed by atoms with Crippen LogP contribution in [0.15, 0.2) is 12.3 Å². The Labute approximate surface area is 187 Å². The van der Waals surface area contributed by atoms with Gasteiger partial charge >= 0.3 is 0 Å². The molecule has 3 saturated heterocycles. The van der Waals surface area contributed by atoms with Gasteiger partial charge in [-0.1, -0.05) is 19.3 Å². The van der Waals surface area contributed by atoms with E-state index in [1.54, 1.807) is 4.31 Å². The molecule has 3 aliphatic rings. The van der Waals surface area contributed by atoms with Crippen molar-refractivity contribution in [1.82, 2.24) is 19.2 Å². The number of sulfonamides is 1. The number of likely N-dealkylation sites (tertiary alicyclic amines) is 1. The molecule has 3 fully saturated rings. The van der Waals surface area contributed by atoms with Crippen LogP contribution in [-0.2, 0) is 10.0 Å². The fourth-order valence-electron chi connectivity index (χ4n) is 5.22. The van der Waals surface area contributed by atoms with Gasteiger partial charge in [-0.15, -0.1) is 0 Å². The zero-order valence-corrected chi connectivity index (χ0v) is 19.7. The second kappa shape index (κ2) is 10.4. The zero-order chi connectivity index (χ0) is 21.7. The molecule has 0 bridgehead atoms. The van der Waals surface area contributed by atoms with Gasteiger partial charge in [-0.25, -0.2) is 17.7 Å². The van der Waals surface area contributed by atoms with Gasteiger partial charge in [0.2, 0.25) is 16.0 Å². The number of piperidine rings is 1. The van der Waals surface area contributed by atoms with Crippen molar-refractivity contribution in [3.05, 3.63) is 12.3 Å². The molecule has 0 amide bonds. The van der Waals surface area contributed by atoms with Crippen molar-refractivity contribution in [1.29, 1.82) is 0 Å². The quantitative estimate of drug-likeness (QED) is 0.738. The fraction of sp³-hybridized carbons (Fsp3) is 0.818. The van der Waals surface area contributed by atoms with Crippen LogP contribution in [0.4, 0.5) is 11.8 Å². The average molecular weight is 451 g/mol. The van der Waals surface area contributed by atoms with E-state index in [-0.39, 0.29) is 6.04 Å². The van der Waals surface area contributed by atoms with Crippen molar-refractivity contribution in [2.45, 2.75) is 69.9 Å². The van der Waals surface area contributed by atoms with Crippen molar-refractivity contribution in [3.8, 4) is 0 Å². The summed E-state index contributed by atoms with van der Waals surface area (Å²) in [5.74, 6) is 1.75. The van der Waals surface area contributed by atoms with Gasteiger partial charge < -0.3 is 10.2 Å². The van der Waals surface area contributed by atoms with Crippen LogP contribution in [0, 0.1) is 0 Å². The lowest BCUT2D eigenvalue weighted by atomic mass is 10.1. The number of aromatic nitrogens is 2. The highest BCUT2D eigenvalue weighted by Crippen LogP contribution is 2.23. The maximum atomic E-state index is 12.0. The van der Waals surface area contributed by atoms with Crippen LogP contribution < -0.4 is 10.2 Å². The Morgan fingerprint density at radius 1 is 0.935 bits per heavy atom. The topological polar surface area (TPSA) is 81.7 Å². The molecule has 4 heterocycles. The fourth-order valence-corrected chi connectivity index (χ4v) is 6.12. The Hall–Kier alpha value is -1.45. The second-order valence-electron chi connectivity index (χ2n) is 9.39. The third-order valence-corrected chi connectivity index (χ3v) is 8.22. The SMILES string of the molecule is CS(=O)(=O)N1CCCC(N2CCCCC(Nc3nccc(N4CCCCCC4)n3)C2)C1. The minimum absolute atomic E-state index is 0.287. The smallest absolute Gasteiger partial charge is 0.224 e. The average Bonchev–Trinajstić information content (AvgIpc) is 3.17. The molecule has 31 heavy (non-hydrogen) atoms. The van der Waals surface area contributed by atoms with E-state index in [0.29, 0.717) is 19.1 Å². The Morgan fingerprint density at radius 3 is 2.48 bits per heavy atom. The minimum Gasteiger partial charge on any atom is -0.356 e. The molecule has 0 spiro atoms. The monoisotopic (exact) mass is 450 g/mol. The van der Waals surface area contributed by atoms with Gasteiger partial charge in [0.25, 0.3) is 0 Å². The molecular formula is C22H38N6O2S. The van der Waals surface area contributed by atoms with E-state index in [1.807, 2.05) is 12.3 Å². The first-order valence-electron chi connectivity index (χ1n) is 12.0. The number of nitrogens with one attached hydrogen (secondary N) is 1. The van der Waals surface area contributed by atoms with Crippen molar-refractivity contribution in [3.63, 3.8) is 0 Å². The molecule has 1 aromatic heterocycles. The number of rotatable bonds is 5. The predicted molar refractivity (Wildman–Crippen MR) is 125 cm³/mol. The highest BCUT2D eigenvalue weighted by molar-refractivity contribution is 7.88. The van der Waals surface area contributed by atoms with Gasteiger partial charge in [0.15, 0.2) is 0 Å². The van der Waals surface area contributed by atoms with E-state index in [2.05, 4.69) is 20.1 Å². The first-order chi connectivity index (χ1) is 15.0. The number of anilines is 2. The Balaban J connectivity index is 1.40. The molecule has 2 unspecified atom stereocenters. The van der Waals surface area contributed by atoms with Gasteiger partial charge in [0.1, 0.15) is 5.82 Å². The zero-order valence-electron chi connectivity index (χ0n) is 18.9. The van der Waals surface area contributed by atoms with E-state index < -0.39 is 10.0 Å².